The lowest BCUT2D eigenvalue weighted by Gasteiger charge is -2.14. The molecule has 12 aromatic rings. The standard InChI is InChI=1S/C21H15ClF3N5O3S.C19H10Cl2F3N5O3S.C19H12ClF3N6O3S/c1-10-7-16(30-34(32,33)12-3-4-15(22)14(8-12)21(23,24)25)18(27-9-10)19(31)17-13-5-6-26-20(13)29-11(2)28-17;20-9-5-14(29-33(31,32)10-1-2-13(21)12(6-10)19(22,23)24)16(26-7-9)17(30)15-11-3-4-25-18(11)28-8-27-15;1-9-4-13(29-33(31,32)10-2-3-12(20)11(5-10)19(21,22)23)14(24-6-9)17(30)15-16-18(27-7-25-15)28-8-26-16/h3-9,30H,1-2H3,(H,26,28,29);1-8,29H,(H,25,27,28);2-8,29H,1H3,(H,25,26,27,28). The Kier molecular flexibility index (Phi) is 20.1. The van der Waals surface area contributed by atoms with E-state index in [9.17, 15) is 79.2 Å². The second-order valence-electron chi connectivity index (χ2n) is 20.7. The zero-order chi connectivity index (χ0) is 72.8. The number of aromatic amines is 3. The first-order valence-electron chi connectivity index (χ1n) is 27.5. The summed E-state index contributed by atoms with van der Waals surface area (Å²) >= 11 is 22.7. The summed E-state index contributed by atoms with van der Waals surface area (Å²) in [7, 11) is -13.7. The van der Waals surface area contributed by atoms with Crippen molar-refractivity contribution in [2.75, 3.05) is 14.2 Å². The number of anilines is 3. The Bertz CT molecular complexity index is 5420. The third kappa shape index (κ3) is 15.7. The summed E-state index contributed by atoms with van der Waals surface area (Å²) in [5.41, 5.74) is -3.70. The van der Waals surface area contributed by atoms with Gasteiger partial charge in [0.15, 0.2) is 5.65 Å². The van der Waals surface area contributed by atoms with Gasteiger partial charge in [0, 0.05) is 41.8 Å². The summed E-state index contributed by atoms with van der Waals surface area (Å²) in [6.45, 7) is 4.80. The molecule has 0 saturated carbocycles. The quantitative estimate of drug-likeness (QED) is 0.0410. The van der Waals surface area contributed by atoms with Gasteiger partial charge in [-0.05, 0) is 117 Å². The number of ketones is 3. The van der Waals surface area contributed by atoms with Crippen LogP contribution in [0.15, 0.2) is 150 Å². The van der Waals surface area contributed by atoms with Crippen LogP contribution in [0.25, 0.3) is 33.2 Å². The number of aryl methyl sites for hydroxylation is 3. The van der Waals surface area contributed by atoms with E-state index >= 15 is 0 Å². The Morgan fingerprint density at radius 3 is 1.29 bits per heavy atom. The lowest BCUT2D eigenvalue weighted by atomic mass is 10.1. The summed E-state index contributed by atoms with van der Waals surface area (Å²) in [4.78, 5) is 86.0. The first-order valence-corrected chi connectivity index (χ1v) is 33.4. The summed E-state index contributed by atoms with van der Waals surface area (Å²) < 4.78 is 202. The zero-order valence-electron chi connectivity index (χ0n) is 50.0. The molecule has 0 saturated heterocycles. The van der Waals surface area contributed by atoms with E-state index < -0.39 is 112 Å². The molecule has 0 aliphatic rings. The average molecular weight is 1520 g/mol. The second kappa shape index (κ2) is 27.8. The van der Waals surface area contributed by atoms with Crippen LogP contribution in [0.5, 0.6) is 0 Å². The van der Waals surface area contributed by atoms with Crippen molar-refractivity contribution >= 4 is 144 Å². The maximum atomic E-state index is 13.3. The van der Waals surface area contributed by atoms with E-state index in [0.717, 1.165) is 61.3 Å². The van der Waals surface area contributed by atoms with Gasteiger partial charge in [0.2, 0.25) is 17.3 Å². The summed E-state index contributed by atoms with van der Waals surface area (Å²) in [6, 6.07) is 13.4. The van der Waals surface area contributed by atoms with Crippen molar-refractivity contribution in [2.45, 2.75) is 54.0 Å². The Balaban J connectivity index is 0.000000162. The van der Waals surface area contributed by atoms with Gasteiger partial charge in [-0.15, -0.1) is 0 Å². The van der Waals surface area contributed by atoms with Crippen molar-refractivity contribution in [1.29, 1.82) is 0 Å². The molecule has 100 heavy (non-hydrogen) atoms. The molecule has 0 aliphatic heterocycles. The molecule has 9 aromatic heterocycles. The molecule has 0 amide bonds. The third-order valence-electron chi connectivity index (χ3n) is 13.7. The van der Waals surface area contributed by atoms with Gasteiger partial charge < -0.3 is 15.0 Å². The number of benzene rings is 3. The number of halogens is 13. The third-order valence-corrected chi connectivity index (χ3v) is 19.0. The van der Waals surface area contributed by atoms with Crippen LogP contribution in [0.3, 0.4) is 0 Å². The number of nitrogens with one attached hydrogen (secondary N) is 6. The molecule has 0 spiro atoms. The van der Waals surface area contributed by atoms with Gasteiger partial charge in [-0.25, -0.2) is 65.1 Å². The fourth-order valence-corrected chi connectivity index (χ4v) is 13.3. The first-order chi connectivity index (χ1) is 46.8. The number of imidazole rings is 1. The van der Waals surface area contributed by atoms with E-state index in [4.69, 9.17) is 46.4 Å². The Morgan fingerprint density at radius 1 is 0.420 bits per heavy atom. The number of nitrogens with zero attached hydrogens (tertiary/aromatic N) is 10. The summed E-state index contributed by atoms with van der Waals surface area (Å²) in [5, 5.41) is -1.22. The van der Waals surface area contributed by atoms with Crippen LogP contribution in [0.1, 0.15) is 82.2 Å². The minimum atomic E-state index is -4.88. The topological polar surface area (TPSA) is 366 Å². The van der Waals surface area contributed by atoms with E-state index in [0.29, 0.717) is 57.2 Å². The van der Waals surface area contributed by atoms with Crippen LogP contribution in [-0.2, 0) is 48.6 Å². The van der Waals surface area contributed by atoms with E-state index in [2.05, 4.69) is 79.0 Å². The van der Waals surface area contributed by atoms with Crippen LogP contribution in [-0.4, -0.2) is 107 Å². The predicted molar refractivity (Wildman–Crippen MR) is 343 cm³/mol. The Labute approximate surface area is 575 Å². The minimum Gasteiger partial charge on any atom is -0.346 e. The number of fused-ring (bicyclic) bond motifs is 3. The second-order valence-corrected chi connectivity index (χ2v) is 27.4. The van der Waals surface area contributed by atoms with Crippen molar-refractivity contribution in [3.63, 3.8) is 0 Å². The maximum Gasteiger partial charge on any atom is 0.417 e. The number of carbonyl (C=O) groups excluding carboxylic acids is 3. The molecule has 0 fully saturated rings. The van der Waals surface area contributed by atoms with E-state index in [1.54, 1.807) is 39.1 Å². The fraction of sp³-hybridized carbons (Fsp3) is 0.102. The van der Waals surface area contributed by atoms with Gasteiger partial charge in [-0.3, -0.25) is 38.5 Å². The SMILES string of the molecule is Cc1cnc(C(=O)c2nc(C)nc3[nH]ccc23)c(NS(=O)(=O)c2ccc(Cl)c(C(F)(F)F)c2)c1.Cc1cnc(C(=O)c2ncnc3nc[nH]c23)c(NS(=O)(=O)c2ccc(Cl)c(C(F)(F)F)c2)c1.O=C(c1ncc(Cl)cc1NS(=O)(=O)c1ccc(Cl)c(C(F)(F)F)c1)c1ncnc2[nH]ccc12. The molecule has 0 unspecified atom stereocenters. The summed E-state index contributed by atoms with van der Waals surface area (Å²) in [5.74, 6) is -1.91. The van der Waals surface area contributed by atoms with Crippen LogP contribution in [0, 0.1) is 20.8 Å². The molecule has 0 aliphatic carbocycles. The Morgan fingerprint density at radius 2 is 0.820 bits per heavy atom. The van der Waals surface area contributed by atoms with E-state index in [-0.39, 0.29) is 67.4 Å². The lowest BCUT2D eigenvalue weighted by Crippen LogP contribution is -2.19. The number of pyridine rings is 3. The number of carbonyl (C=O) groups is 3. The van der Waals surface area contributed by atoms with Crippen LogP contribution >= 0.6 is 46.4 Å². The van der Waals surface area contributed by atoms with Gasteiger partial charge in [-0.2, -0.15) is 39.5 Å². The van der Waals surface area contributed by atoms with Gasteiger partial charge in [0.05, 0.1) is 74.9 Å². The fourth-order valence-electron chi connectivity index (χ4n) is 9.18. The van der Waals surface area contributed by atoms with Crippen LogP contribution < -0.4 is 14.2 Å². The molecule has 0 bridgehead atoms. The van der Waals surface area contributed by atoms with Crippen molar-refractivity contribution in [3.05, 3.63) is 223 Å². The minimum absolute atomic E-state index is 0.00796. The number of sulfonamides is 3. The van der Waals surface area contributed by atoms with E-state index in [1.165, 1.54) is 37.1 Å². The van der Waals surface area contributed by atoms with E-state index in [1.807, 2.05) is 0 Å². The molecule has 25 nitrogen and oxygen atoms in total. The van der Waals surface area contributed by atoms with Gasteiger partial charge in [0.1, 0.15) is 69.5 Å². The monoisotopic (exact) mass is 1520 g/mol. The predicted octanol–water partition coefficient (Wildman–Crippen LogP) is 13.1. The van der Waals surface area contributed by atoms with Gasteiger partial charge in [-0.1, -0.05) is 46.4 Å². The molecule has 0 radical (unpaired) electrons. The molecule has 12 rings (SSSR count). The van der Waals surface area contributed by atoms with Crippen molar-refractivity contribution < 1.29 is 79.2 Å². The number of hydrogen-bond donors (Lipinski definition) is 6. The molecule has 0 atom stereocenters. The van der Waals surface area contributed by atoms with Crippen molar-refractivity contribution in [3.8, 4) is 0 Å². The highest BCUT2D eigenvalue weighted by Gasteiger charge is 2.38. The molecule has 9 heterocycles. The normalized spacial score (nSPS) is 12.2. The molecular weight excluding hydrogens is 1490 g/mol. The first kappa shape index (κ1) is 72.4. The number of hydrogen-bond acceptors (Lipinski definition) is 19. The highest BCUT2D eigenvalue weighted by Crippen LogP contribution is 2.40. The molecule has 41 heteroatoms. The highest BCUT2D eigenvalue weighted by atomic mass is 35.5. The van der Waals surface area contributed by atoms with Crippen molar-refractivity contribution in [1.82, 2.24) is 64.8 Å². The highest BCUT2D eigenvalue weighted by molar-refractivity contribution is 7.93. The number of alkyl halides is 9. The average Bonchev–Trinajstić information content (AvgIpc) is 1.13. The zero-order valence-corrected chi connectivity index (χ0v) is 55.5. The molecular formula is C59H37Cl4F9N16O9S3. The van der Waals surface area contributed by atoms with Crippen LogP contribution in [0.4, 0.5) is 56.6 Å². The summed E-state index contributed by atoms with van der Waals surface area (Å²) in [6.07, 6.45) is -4.13. The largest absolute Gasteiger partial charge is 0.417 e. The smallest absolute Gasteiger partial charge is 0.346 e. The van der Waals surface area contributed by atoms with Crippen molar-refractivity contribution in [2.24, 2.45) is 0 Å². The van der Waals surface area contributed by atoms with Gasteiger partial charge in [0.25, 0.3) is 30.1 Å². The number of H-pyrrole nitrogens is 3. The maximum absolute atomic E-state index is 13.3. The number of rotatable bonds is 15. The van der Waals surface area contributed by atoms with Gasteiger partial charge >= 0.3 is 18.5 Å². The molecule has 3 aromatic carbocycles. The van der Waals surface area contributed by atoms with Crippen LogP contribution in [0.2, 0.25) is 20.1 Å². The molecule has 6 N–H and O–H groups in total. The number of aromatic nitrogens is 13. The lowest BCUT2D eigenvalue weighted by molar-refractivity contribution is -0.138. The Hall–Kier alpha value is -10.3. The molecule has 516 valence electrons.